The van der Waals surface area contributed by atoms with Crippen LogP contribution in [-0.2, 0) is 6.54 Å². The van der Waals surface area contributed by atoms with Crippen LogP contribution in [0.2, 0.25) is 0 Å². The van der Waals surface area contributed by atoms with Crippen LogP contribution in [0.1, 0.15) is 50.0 Å². The molecule has 0 bridgehead atoms. The zero-order valence-corrected chi connectivity index (χ0v) is 12.8. The number of amides is 1. The summed E-state index contributed by atoms with van der Waals surface area (Å²) >= 11 is 0. The molecule has 1 N–H and O–H groups in total. The van der Waals surface area contributed by atoms with Gasteiger partial charge in [-0.1, -0.05) is 13.8 Å². The third-order valence-electron chi connectivity index (χ3n) is 3.90. The highest BCUT2D eigenvalue weighted by atomic mass is 16.2. The Morgan fingerprint density at radius 2 is 2.30 bits per heavy atom. The Kier molecular flexibility index (Phi) is 5.65. The van der Waals surface area contributed by atoms with E-state index in [9.17, 15) is 4.79 Å². The van der Waals surface area contributed by atoms with Crippen molar-refractivity contribution in [3.05, 3.63) is 24.0 Å². The summed E-state index contributed by atoms with van der Waals surface area (Å²) in [7, 11) is 0. The van der Waals surface area contributed by atoms with Gasteiger partial charge >= 0.3 is 0 Å². The Labute approximate surface area is 122 Å². The molecular formula is C16H27N3O. The minimum Gasteiger partial charge on any atom is -0.344 e. The molecule has 1 unspecified atom stereocenters. The fourth-order valence-electron chi connectivity index (χ4n) is 2.93. The first-order chi connectivity index (χ1) is 9.76. The van der Waals surface area contributed by atoms with Crippen molar-refractivity contribution in [3.63, 3.8) is 0 Å². The van der Waals surface area contributed by atoms with Crippen molar-refractivity contribution in [3.8, 4) is 0 Å². The monoisotopic (exact) mass is 277 g/mol. The van der Waals surface area contributed by atoms with E-state index in [0.717, 1.165) is 44.7 Å². The van der Waals surface area contributed by atoms with Gasteiger partial charge in [0.15, 0.2) is 0 Å². The highest BCUT2D eigenvalue weighted by molar-refractivity contribution is 5.92. The fourth-order valence-corrected chi connectivity index (χ4v) is 2.93. The van der Waals surface area contributed by atoms with Gasteiger partial charge in [-0.05, 0) is 44.4 Å². The lowest BCUT2D eigenvalue weighted by atomic mass is 10.2. The van der Waals surface area contributed by atoms with E-state index < -0.39 is 0 Å². The molecular weight excluding hydrogens is 250 g/mol. The van der Waals surface area contributed by atoms with E-state index in [2.05, 4.69) is 23.7 Å². The lowest BCUT2D eigenvalue weighted by Gasteiger charge is -2.26. The normalized spacial score (nSPS) is 18.4. The Balaban J connectivity index is 2.06. The minimum absolute atomic E-state index is 0.180. The first kappa shape index (κ1) is 15.1. The van der Waals surface area contributed by atoms with Crippen molar-refractivity contribution in [1.29, 1.82) is 0 Å². The number of carbonyl (C=O) groups excluding carboxylic acids is 1. The number of nitrogens with one attached hydrogen (secondary N) is 1. The van der Waals surface area contributed by atoms with Crippen LogP contribution < -0.4 is 5.32 Å². The van der Waals surface area contributed by atoms with Crippen molar-refractivity contribution in [1.82, 2.24) is 14.8 Å². The van der Waals surface area contributed by atoms with E-state index in [-0.39, 0.29) is 5.91 Å². The molecule has 1 aliphatic rings. The van der Waals surface area contributed by atoms with Crippen molar-refractivity contribution in [2.24, 2.45) is 0 Å². The number of carbonyl (C=O) groups is 1. The van der Waals surface area contributed by atoms with Gasteiger partial charge in [-0.15, -0.1) is 0 Å². The van der Waals surface area contributed by atoms with E-state index in [4.69, 9.17) is 0 Å². The summed E-state index contributed by atoms with van der Waals surface area (Å²) < 4.78 is 2.08. The van der Waals surface area contributed by atoms with Crippen molar-refractivity contribution < 1.29 is 4.79 Å². The van der Waals surface area contributed by atoms with Crippen LogP contribution in [-0.4, -0.2) is 41.1 Å². The Morgan fingerprint density at radius 3 is 2.95 bits per heavy atom. The van der Waals surface area contributed by atoms with E-state index in [1.54, 1.807) is 0 Å². The zero-order valence-electron chi connectivity index (χ0n) is 12.8. The molecule has 1 saturated heterocycles. The zero-order chi connectivity index (χ0) is 14.4. The van der Waals surface area contributed by atoms with E-state index >= 15 is 0 Å². The lowest BCUT2D eigenvalue weighted by Crippen LogP contribution is -2.42. The van der Waals surface area contributed by atoms with Gasteiger partial charge < -0.3 is 14.8 Å². The molecule has 1 aliphatic heterocycles. The highest BCUT2D eigenvalue weighted by Crippen LogP contribution is 2.12. The third kappa shape index (κ3) is 3.63. The summed E-state index contributed by atoms with van der Waals surface area (Å²) in [6, 6.07) is 4.39. The average molecular weight is 277 g/mol. The largest absolute Gasteiger partial charge is 0.344 e. The quantitative estimate of drug-likeness (QED) is 0.831. The maximum atomic E-state index is 12.8. The Morgan fingerprint density at radius 1 is 1.45 bits per heavy atom. The second kappa shape index (κ2) is 7.48. The van der Waals surface area contributed by atoms with Crippen molar-refractivity contribution in [2.45, 2.75) is 52.1 Å². The van der Waals surface area contributed by atoms with Crippen LogP contribution in [0.3, 0.4) is 0 Å². The summed E-state index contributed by atoms with van der Waals surface area (Å²) in [6.45, 7) is 7.95. The number of hydrogen-bond acceptors (Lipinski definition) is 2. The van der Waals surface area contributed by atoms with Gasteiger partial charge in [0.25, 0.3) is 5.91 Å². The summed E-state index contributed by atoms with van der Waals surface area (Å²) in [4.78, 5) is 14.8. The summed E-state index contributed by atoms with van der Waals surface area (Å²) in [5, 5.41) is 3.48. The Hall–Kier alpha value is -1.29. The maximum absolute atomic E-state index is 12.8. The lowest BCUT2D eigenvalue weighted by molar-refractivity contribution is 0.0731. The molecule has 1 amide bonds. The molecule has 0 saturated carbocycles. The van der Waals surface area contributed by atoms with Gasteiger partial charge in [0.2, 0.25) is 0 Å². The van der Waals surface area contributed by atoms with Crippen molar-refractivity contribution in [2.75, 3.05) is 19.6 Å². The van der Waals surface area contributed by atoms with Crippen LogP contribution in [0.25, 0.3) is 0 Å². The maximum Gasteiger partial charge on any atom is 0.270 e. The standard InChI is InChI=1S/C16H27N3O/c1-3-10-18-12-6-8-15(18)16(20)19(11-4-2)13-14-7-5-9-17-14/h6,8,12,14,17H,3-5,7,9-11,13H2,1-2H3. The molecule has 0 radical (unpaired) electrons. The number of nitrogens with zero attached hydrogens (tertiary/aromatic N) is 2. The minimum atomic E-state index is 0.180. The summed E-state index contributed by atoms with van der Waals surface area (Å²) in [5.74, 6) is 0.180. The molecule has 1 aromatic rings. The van der Waals surface area contributed by atoms with Gasteiger partial charge in [0.1, 0.15) is 5.69 Å². The van der Waals surface area contributed by atoms with Crippen LogP contribution in [0, 0.1) is 0 Å². The smallest absolute Gasteiger partial charge is 0.270 e. The summed E-state index contributed by atoms with van der Waals surface area (Å²) in [5.41, 5.74) is 0.832. The predicted octanol–water partition coefficient (Wildman–Crippen LogP) is 2.50. The topological polar surface area (TPSA) is 37.3 Å². The van der Waals surface area contributed by atoms with Crippen LogP contribution in [0.5, 0.6) is 0 Å². The van der Waals surface area contributed by atoms with Gasteiger partial charge in [-0.25, -0.2) is 0 Å². The first-order valence-electron chi connectivity index (χ1n) is 7.94. The fraction of sp³-hybridized carbons (Fsp3) is 0.688. The predicted molar refractivity (Wildman–Crippen MR) is 81.9 cm³/mol. The van der Waals surface area contributed by atoms with Crippen LogP contribution >= 0.6 is 0 Å². The van der Waals surface area contributed by atoms with Crippen LogP contribution in [0.4, 0.5) is 0 Å². The van der Waals surface area contributed by atoms with E-state index in [1.165, 1.54) is 12.8 Å². The highest BCUT2D eigenvalue weighted by Gasteiger charge is 2.23. The molecule has 0 spiro atoms. The molecule has 2 rings (SSSR count). The number of hydrogen-bond donors (Lipinski definition) is 1. The molecule has 20 heavy (non-hydrogen) atoms. The molecule has 0 aliphatic carbocycles. The number of aryl methyl sites for hydroxylation is 1. The molecule has 4 nitrogen and oxygen atoms in total. The van der Waals surface area contributed by atoms with Crippen molar-refractivity contribution >= 4 is 5.91 Å². The molecule has 2 heterocycles. The van der Waals surface area contributed by atoms with Crippen LogP contribution in [0.15, 0.2) is 18.3 Å². The van der Waals surface area contributed by atoms with Gasteiger partial charge in [-0.2, -0.15) is 0 Å². The molecule has 1 aromatic heterocycles. The van der Waals surface area contributed by atoms with E-state index in [0.29, 0.717) is 6.04 Å². The summed E-state index contributed by atoms with van der Waals surface area (Å²) in [6.07, 6.45) is 6.48. The number of rotatable bonds is 7. The molecule has 1 fully saturated rings. The SMILES string of the molecule is CCCN(CC1CCCN1)C(=O)c1cccn1CCC. The van der Waals surface area contributed by atoms with Gasteiger partial charge in [-0.3, -0.25) is 4.79 Å². The third-order valence-corrected chi connectivity index (χ3v) is 3.90. The molecule has 112 valence electrons. The first-order valence-corrected chi connectivity index (χ1v) is 7.94. The second-order valence-corrected chi connectivity index (χ2v) is 5.63. The Bertz CT molecular complexity index is 421. The number of aromatic nitrogens is 1. The molecule has 1 atom stereocenters. The molecule has 0 aromatic carbocycles. The second-order valence-electron chi connectivity index (χ2n) is 5.63. The van der Waals surface area contributed by atoms with Gasteiger partial charge in [0.05, 0.1) is 0 Å². The molecule has 4 heteroatoms. The average Bonchev–Trinajstić information content (AvgIpc) is 3.09. The van der Waals surface area contributed by atoms with Gasteiger partial charge in [0, 0.05) is 31.9 Å². The van der Waals surface area contributed by atoms with E-state index in [1.807, 2.05) is 23.2 Å².